The molecular formula is C10H21N5. The van der Waals surface area contributed by atoms with Crippen LogP contribution >= 0.6 is 0 Å². The molecule has 15 heavy (non-hydrogen) atoms. The van der Waals surface area contributed by atoms with Crippen LogP contribution in [0.3, 0.4) is 0 Å². The number of hydrogen-bond donors (Lipinski definition) is 2. The summed E-state index contributed by atoms with van der Waals surface area (Å²) in [6, 6.07) is 0. The SMILES string of the molecule is Cc1nccn1CCN(CCN)CCN. The van der Waals surface area contributed by atoms with Crippen molar-refractivity contribution >= 4 is 0 Å². The second-order valence-electron chi connectivity index (χ2n) is 3.59. The number of hydrogen-bond acceptors (Lipinski definition) is 4. The summed E-state index contributed by atoms with van der Waals surface area (Å²) >= 11 is 0. The van der Waals surface area contributed by atoms with Crippen LogP contribution < -0.4 is 11.5 Å². The summed E-state index contributed by atoms with van der Waals surface area (Å²) in [5.74, 6) is 1.05. The molecule has 0 aromatic carbocycles. The Bertz CT molecular complexity index is 265. The molecule has 0 saturated carbocycles. The zero-order valence-corrected chi connectivity index (χ0v) is 9.39. The number of nitrogens with zero attached hydrogens (tertiary/aromatic N) is 3. The van der Waals surface area contributed by atoms with E-state index in [1.165, 1.54) is 0 Å². The summed E-state index contributed by atoms with van der Waals surface area (Å²) in [5, 5.41) is 0. The van der Waals surface area contributed by atoms with Crippen molar-refractivity contribution < 1.29 is 0 Å². The summed E-state index contributed by atoms with van der Waals surface area (Å²) < 4.78 is 2.14. The molecule has 0 aliphatic rings. The highest BCUT2D eigenvalue weighted by Crippen LogP contribution is 1.96. The van der Waals surface area contributed by atoms with E-state index in [1.807, 2.05) is 19.3 Å². The molecule has 1 rings (SSSR count). The second-order valence-corrected chi connectivity index (χ2v) is 3.59. The van der Waals surface area contributed by atoms with Gasteiger partial charge in [0, 0.05) is 51.7 Å². The lowest BCUT2D eigenvalue weighted by Gasteiger charge is -2.21. The molecule has 0 aliphatic carbocycles. The minimum absolute atomic E-state index is 0.683. The van der Waals surface area contributed by atoms with Gasteiger partial charge < -0.3 is 16.0 Å². The average Bonchev–Trinajstić information content (AvgIpc) is 2.61. The number of nitrogens with two attached hydrogens (primary N) is 2. The summed E-state index contributed by atoms with van der Waals surface area (Å²) in [6.45, 7) is 7.12. The predicted octanol–water partition coefficient (Wildman–Crippen LogP) is -0.589. The van der Waals surface area contributed by atoms with E-state index in [9.17, 15) is 0 Å². The van der Waals surface area contributed by atoms with E-state index in [0.29, 0.717) is 13.1 Å². The van der Waals surface area contributed by atoms with Crippen molar-refractivity contribution in [1.29, 1.82) is 0 Å². The van der Waals surface area contributed by atoms with Gasteiger partial charge >= 0.3 is 0 Å². The highest BCUT2D eigenvalue weighted by atomic mass is 15.2. The quantitative estimate of drug-likeness (QED) is 0.632. The molecule has 1 aromatic rings. The molecule has 0 fully saturated rings. The van der Waals surface area contributed by atoms with E-state index in [-0.39, 0.29) is 0 Å². The van der Waals surface area contributed by atoms with Crippen molar-refractivity contribution in [1.82, 2.24) is 14.5 Å². The number of aromatic nitrogens is 2. The van der Waals surface area contributed by atoms with Gasteiger partial charge in [0.15, 0.2) is 0 Å². The number of imidazole rings is 1. The third-order valence-corrected chi connectivity index (χ3v) is 2.47. The molecule has 0 aliphatic heterocycles. The maximum atomic E-state index is 5.54. The van der Waals surface area contributed by atoms with Gasteiger partial charge in [-0.15, -0.1) is 0 Å². The van der Waals surface area contributed by atoms with Gasteiger partial charge in [0.25, 0.3) is 0 Å². The van der Waals surface area contributed by atoms with Gasteiger partial charge in [-0.05, 0) is 6.92 Å². The minimum atomic E-state index is 0.683. The Morgan fingerprint density at radius 2 is 1.93 bits per heavy atom. The Labute approximate surface area is 91.1 Å². The first kappa shape index (κ1) is 12.2. The van der Waals surface area contributed by atoms with Gasteiger partial charge in [-0.1, -0.05) is 0 Å². The maximum absolute atomic E-state index is 5.54. The molecule has 0 amide bonds. The van der Waals surface area contributed by atoms with Crippen molar-refractivity contribution in [2.24, 2.45) is 11.5 Å². The zero-order chi connectivity index (χ0) is 11.1. The van der Waals surface area contributed by atoms with E-state index < -0.39 is 0 Å². The first-order chi connectivity index (χ1) is 7.27. The average molecular weight is 211 g/mol. The Balaban J connectivity index is 2.36. The topological polar surface area (TPSA) is 73.1 Å². The van der Waals surface area contributed by atoms with E-state index in [0.717, 1.165) is 32.0 Å². The lowest BCUT2D eigenvalue weighted by molar-refractivity contribution is 0.276. The van der Waals surface area contributed by atoms with Crippen LogP contribution in [0, 0.1) is 6.92 Å². The normalized spacial score (nSPS) is 11.2. The molecule has 1 aromatic heterocycles. The van der Waals surface area contributed by atoms with Crippen molar-refractivity contribution in [2.45, 2.75) is 13.5 Å². The number of aryl methyl sites for hydroxylation is 1. The van der Waals surface area contributed by atoms with Crippen LogP contribution in [0.5, 0.6) is 0 Å². The van der Waals surface area contributed by atoms with Crippen LogP contribution in [0.1, 0.15) is 5.82 Å². The van der Waals surface area contributed by atoms with Crippen LogP contribution in [-0.4, -0.2) is 47.2 Å². The molecule has 4 N–H and O–H groups in total. The minimum Gasteiger partial charge on any atom is -0.334 e. The lowest BCUT2D eigenvalue weighted by atomic mass is 10.4. The van der Waals surface area contributed by atoms with E-state index in [4.69, 9.17) is 11.5 Å². The van der Waals surface area contributed by atoms with E-state index >= 15 is 0 Å². The Kier molecular flexibility index (Phi) is 5.31. The molecule has 86 valence electrons. The fraction of sp³-hybridized carbons (Fsp3) is 0.700. The maximum Gasteiger partial charge on any atom is 0.105 e. The Hall–Kier alpha value is -0.910. The van der Waals surface area contributed by atoms with Crippen LogP contribution in [0.4, 0.5) is 0 Å². The molecule has 1 heterocycles. The summed E-state index contributed by atoms with van der Waals surface area (Å²) in [4.78, 5) is 6.46. The highest BCUT2D eigenvalue weighted by Gasteiger charge is 2.03. The lowest BCUT2D eigenvalue weighted by Crippen LogP contribution is -2.36. The molecule has 5 nitrogen and oxygen atoms in total. The summed E-state index contributed by atoms with van der Waals surface area (Å²) in [6.07, 6.45) is 3.82. The third kappa shape index (κ3) is 3.99. The fourth-order valence-electron chi connectivity index (χ4n) is 1.59. The molecule has 0 spiro atoms. The van der Waals surface area contributed by atoms with Crippen LogP contribution in [0.2, 0.25) is 0 Å². The van der Waals surface area contributed by atoms with Gasteiger partial charge in [0.05, 0.1) is 0 Å². The molecule has 0 radical (unpaired) electrons. The summed E-state index contributed by atoms with van der Waals surface area (Å²) in [5.41, 5.74) is 11.1. The first-order valence-corrected chi connectivity index (χ1v) is 5.38. The van der Waals surface area contributed by atoms with Crippen molar-refractivity contribution in [3.8, 4) is 0 Å². The summed E-state index contributed by atoms with van der Waals surface area (Å²) in [7, 11) is 0. The van der Waals surface area contributed by atoms with Gasteiger partial charge in [0.1, 0.15) is 5.82 Å². The standard InChI is InChI=1S/C10H21N5/c1-10-13-4-7-15(10)9-8-14(5-2-11)6-3-12/h4,7H,2-3,5-6,8-9,11-12H2,1H3. The Morgan fingerprint density at radius 1 is 1.27 bits per heavy atom. The molecule has 0 atom stereocenters. The van der Waals surface area contributed by atoms with Crippen molar-refractivity contribution in [3.63, 3.8) is 0 Å². The van der Waals surface area contributed by atoms with Gasteiger partial charge in [-0.25, -0.2) is 4.98 Å². The monoisotopic (exact) mass is 211 g/mol. The van der Waals surface area contributed by atoms with Crippen LogP contribution in [0.15, 0.2) is 12.4 Å². The molecule has 0 unspecified atom stereocenters. The van der Waals surface area contributed by atoms with Gasteiger partial charge in [0.2, 0.25) is 0 Å². The predicted molar refractivity (Wildman–Crippen MR) is 61.5 cm³/mol. The smallest absolute Gasteiger partial charge is 0.105 e. The second kappa shape index (κ2) is 6.55. The first-order valence-electron chi connectivity index (χ1n) is 5.38. The van der Waals surface area contributed by atoms with Gasteiger partial charge in [-0.2, -0.15) is 0 Å². The van der Waals surface area contributed by atoms with E-state index in [1.54, 1.807) is 0 Å². The molecule has 0 saturated heterocycles. The van der Waals surface area contributed by atoms with Gasteiger partial charge in [-0.3, -0.25) is 4.90 Å². The fourth-order valence-corrected chi connectivity index (χ4v) is 1.59. The number of rotatable bonds is 7. The zero-order valence-electron chi connectivity index (χ0n) is 9.39. The van der Waals surface area contributed by atoms with E-state index in [2.05, 4.69) is 14.5 Å². The van der Waals surface area contributed by atoms with Crippen molar-refractivity contribution in [2.75, 3.05) is 32.7 Å². The highest BCUT2D eigenvalue weighted by molar-refractivity contribution is 4.88. The van der Waals surface area contributed by atoms with Crippen LogP contribution in [-0.2, 0) is 6.54 Å². The third-order valence-electron chi connectivity index (χ3n) is 2.47. The Morgan fingerprint density at radius 3 is 2.40 bits per heavy atom. The molecular weight excluding hydrogens is 190 g/mol. The van der Waals surface area contributed by atoms with Crippen molar-refractivity contribution in [3.05, 3.63) is 18.2 Å². The largest absolute Gasteiger partial charge is 0.334 e. The molecule has 5 heteroatoms. The molecule has 0 bridgehead atoms. The van der Waals surface area contributed by atoms with Crippen LogP contribution in [0.25, 0.3) is 0 Å².